The number of carbonyl (C=O) groups excluding carboxylic acids is 1. The fourth-order valence-corrected chi connectivity index (χ4v) is 2.30. The highest BCUT2D eigenvalue weighted by Crippen LogP contribution is 2.20. The molecule has 1 amide bonds. The van der Waals surface area contributed by atoms with Gasteiger partial charge in [0, 0.05) is 12.7 Å². The summed E-state index contributed by atoms with van der Waals surface area (Å²) >= 11 is 0. The number of hydrogen-bond acceptors (Lipinski definition) is 6. The van der Waals surface area contributed by atoms with Gasteiger partial charge in [0.15, 0.2) is 0 Å². The predicted molar refractivity (Wildman–Crippen MR) is 79.8 cm³/mol. The molecule has 1 unspecified atom stereocenters. The first-order valence-corrected chi connectivity index (χ1v) is 8.66. The number of aryl methyl sites for hydroxylation is 1. The van der Waals surface area contributed by atoms with Crippen LogP contribution in [0.2, 0.25) is 0 Å². The molecule has 0 aliphatic carbocycles. The van der Waals surface area contributed by atoms with E-state index in [-0.39, 0.29) is 11.4 Å². The Hall–Kier alpha value is -2.08. The van der Waals surface area contributed by atoms with Gasteiger partial charge in [-0.3, -0.25) is 9.48 Å². The average molecular weight is 328 g/mol. The second kappa shape index (κ2) is 6.79. The van der Waals surface area contributed by atoms with Crippen molar-refractivity contribution in [2.45, 2.75) is 45.7 Å². The minimum atomic E-state index is -3.81. The fourth-order valence-electron chi connectivity index (χ4n) is 1.89. The van der Waals surface area contributed by atoms with Gasteiger partial charge in [0.1, 0.15) is 11.1 Å². The summed E-state index contributed by atoms with van der Waals surface area (Å²) in [5.41, 5.74) is -1.06. The lowest BCUT2D eigenvalue weighted by Crippen LogP contribution is -2.44. The van der Waals surface area contributed by atoms with Gasteiger partial charge in [-0.05, 0) is 20.3 Å². The Morgan fingerprint density at radius 3 is 2.64 bits per heavy atom. The zero-order chi connectivity index (χ0) is 17.0. The average Bonchev–Trinajstić information content (AvgIpc) is 2.80. The van der Waals surface area contributed by atoms with E-state index in [1.54, 1.807) is 13.8 Å². The van der Waals surface area contributed by atoms with Crippen molar-refractivity contribution in [3.8, 4) is 11.9 Å². The van der Waals surface area contributed by atoms with E-state index >= 15 is 0 Å². The van der Waals surface area contributed by atoms with Crippen molar-refractivity contribution in [1.29, 1.82) is 5.26 Å². The van der Waals surface area contributed by atoms with Crippen LogP contribution >= 0.6 is 0 Å². The molecule has 0 aliphatic rings. The molecule has 9 heteroatoms. The molecule has 22 heavy (non-hydrogen) atoms. The van der Waals surface area contributed by atoms with Crippen LogP contribution in [0.5, 0.6) is 5.88 Å². The Morgan fingerprint density at radius 2 is 2.18 bits per heavy atom. The van der Waals surface area contributed by atoms with Gasteiger partial charge in [-0.2, -0.15) is 13.7 Å². The number of hydrogen-bond donors (Lipinski definition) is 1. The first kappa shape index (κ1) is 18.0. The van der Waals surface area contributed by atoms with Gasteiger partial charge in [-0.1, -0.05) is 13.3 Å². The van der Waals surface area contributed by atoms with E-state index in [2.05, 4.69) is 16.5 Å². The van der Waals surface area contributed by atoms with E-state index in [1.165, 1.54) is 10.9 Å². The number of nitrogens with zero attached hydrogens (tertiary/aromatic N) is 3. The highest BCUT2D eigenvalue weighted by atomic mass is 32.2. The van der Waals surface area contributed by atoms with Gasteiger partial charge < -0.3 is 9.50 Å². The number of nitriles is 1. The van der Waals surface area contributed by atoms with Gasteiger partial charge in [0.05, 0.1) is 12.3 Å². The second-order valence-corrected chi connectivity index (χ2v) is 6.71. The lowest BCUT2D eigenvalue weighted by Gasteiger charge is -2.22. The van der Waals surface area contributed by atoms with E-state index in [9.17, 15) is 18.5 Å². The summed E-state index contributed by atoms with van der Waals surface area (Å²) in [5.74, 6) is -0.894. The maximum atomic E-state index is 12.3. The van der Waals surface area contributed by atoms with Crippen LogP contribution in [0.1, 0.15) is 44.0 Å². The monoisotopic (exact) mass is 328 g/mol. The molecule has 1 aromatic rings. The number of amides is 1. The molecule has 0 saturated carbocycles. The van der Waals surface area contributed by atoms with Crippen LogP contribution in [0.25, 0.3) is 0 Å². The summed E-state index contributed by atoms with van der Waals surface area (Å²) in [6.07, 6.45) is 3.44. The molecule has 0 fully saturated rings. The number of aromatic nitrogens is 2. The minimum Gasteiger partial charge on any atom is -0.359 e. The summed E-state index contributed by atoms with van der Waals surface area (Å²) in [7, 11) is -3.81. The third kappa shape index (κ3) is 4.73. The van der Waals surface area contributed by atoms with Crippen LogP contribution in [-0.4, -0.2) is 35.9 Å². The molecule has 8 nitrogen and oxygen atoms in total. The zero-order valence-electron chi connectivity index (χ0n) is 13.1. The molecule has 0 aromatic carbocycles. The summed E-state index contributed by atoms with van der Waals surface area (Å²) in [6, 6.07) is 2.05. The lowest BCUT2D eigenvalue weighted by atomic mass is 9.98. The van der Waals surface area contributed by atoms with Crippen molar-refractivity contribution in [3.05, 3.63) is 11.8 Å². The third-order valence-corrected chi connectivity index (χ3v) is 3.37. The maximum absolute atomic E-state index is 12.3. The standard InChI is InChI=1S/C13H20N4O4S/c1-5-7-13(3,9-14)15-11(18)10-8-17(6-2)16-12(10)21-22(4,19)20/h8H,5-7H2,1-4H3,(H,15,18). The Labute approximate surface area is 130 Å². The third-order valence-electron chi connectivity index (χ3n) is 2.91. The van der Waals surface area contributed by atoms with Crippen molar-refractivity contribution in [2.24, 2.45) is 0 Å². The molecule has 1 heterocycles. The quantitative estimate of drug-likeness (QED) is 0.748. The predicted octanol–water partition coefficient (Wildman–Crippen LogP) is 1.05. The van der Waals surface area contributed by atoms with Crippen LogP contribution < -0.4 is 9.50 Å². The van der Waals surface area contributed by atoms with Crippen molar-refractivity contribution in [2.75, 3.05) is 6.26 Å². The normalized spacial score (nSPS) is 14.0. The van der Waals surface area contributed by atoms with Gasteiger partial charge in [-0.25, -0.2) is 0 Å². The van der Waals surface area contributed by atoms with Crippen molar-refractivity contribution < 1.29 is 17.4 Å². The maximum Gasteiger partial charge on any atom is 0.307 e. The van der Waals surface area contributed by atoms with Crippen molar-refractivity contribution >= 4 is 16.0 Å². The van der Waals surface area contributed by atoms with Gasteiger partial charge in [-0.15, -0.1) is 5.10 Å². The SMILES string of the molecule is CCCC(C)(C#N)NC(=O)c1cn(CC)nc1OS(C)(=O)=O. The van der Waals surface area contributed by atoms with Crippen LogP contribution in [0.3, 0.4) is 0 Å². The van der Waals surface area contributed by atoms with Crippen molar-refractivity contribution in [3.63, 3.8) is 0 Å². The highest BCUT2D eigenvalue weighted by molar-refractivity contribution is 7.86. The van der Waals surface area contributed by atoms with E-state index in [1.807, 2.05) is 6.92 Å². The van der Waals surface area contributed by atoms with Crippen LogP contribution in [0.4, 0.5) is 0 Å². The second-order valence-electron chi connectivity index (χ2n) is 5.14. The lowest BCUT2D eigenvalue weighted by molar-refractivity contribution is 0.0920. The molecule has 0 aliphatic heterocycles. The Bertz CT molecular complexity index is 689. The molecule has 1 atom stereocenters. The fraction of sp³-hybridized carbons (Fsp3) is 0.615. The van der Waals surface area contributed by atoms with Crippen LogP contribution in [0, 0.1) is 11.3 Å². The molecule has 1 N–H and O–H groups in total. The summed E-state index contributed by atoms with van der Waals surface area (Å²) in [6.45, 7) is 5.73. The first-order chi connectivity index (χ1) is 10.1. The summed E-state index contributed by atoms with van der Waals surface area (Å²) in [5, 5.41) is 15.7. The van der Waals surface area contributed by atoms with Gasteiger partial charge >= 0.3 is 10.1 Å². The number of carbonyl (C=O) groups is 1. The smallest absolute Gasteiger partial charge is 0.307 e. The number of rotatable bonds is 7. The topological polar surface area (TPSA) is 114 Å². The molecule has 1 rings (SSSR count). The molecule has 122 valence electrons. The highest BCUT2D eigenvalue weighted by Gasteiger charge is 2.29. The van der Waals surface area contributed by atoms with Crippen LogP contribution in [-0.2, 0) is 16.7 Å². The van der Waals surface area contributed by atoms with Gasteiger partial charge in [0.2, 0.25) is 0 Å². The number of nitrogens with one attached hydrogen (secondary N) is 1. The Morgan fingerprint density at radius 1 is 1.55 bits per heavy atom. The molecule has 0 saturated heterocycles. The first-order valence-electron chi connectivity index (χ1n) is 6.84. The molecule has 0 spiro atoms. The molecular weight excluding hydrogens is 308 g/mol. The zero-order valence-corrected chi connectivity index (χ0v) is 13.9. The van der Waals surface area contributed by atoms with Gasteiger partial charge in [0.25, 0.3) is 11.8 Å². The Balaban J connectivity index is 3.12. The summed E-state index contributed by atoms with van der Waals surface area (Å²) in [4.78, 5) is 12.3. The minimum absolute atomic E-state index is 0.0233. The van der Waals surface area contributed by atoms with E-state index < -0.39 is 21.6 Å². The Kier molecular flexibility index (Phi) is 5.54. The summed E-state index contributed by atoms with van der Waals surface area (Å²) < 4.78 is 28.7. The van der Waals surface area contributed by atoms with Crippen LogP contribution in [0.15, 0.2) is 6.20 Å². The van der Waals surface area contributed by atoms with E-state index in [0.29, 0.717) is 19.4 Å². The molecule has 1 aromatic heterocycles. The van der Waals surface area contributed by atoms with E-state index in [4.69, 9.17) is 4.18 Å². The van der Waals surface area contributed by atoms with E-state index in [0.717, 1.165) is 6.26 Å². The van der Waals surface area contributed by atoms with Crippen molar-refractivity contribution in [1.82, 2.24) is 15.1 Å². The molecule has 0 bridgehead atoms. The largest absolute Gasteiger partial charge is 0.359 e. The molecule has 0 radical (unpaired) electrons. The molecular formula is C13H20N4O4S.